The zero-order chi connectivity index (χ0) is 15.7. The average molecular weight is 308 g/mol. The lowest BCUT2D eigenvalue weighted by Gasteiger charge is -2.30. The van der Waals surface area contributed by atoms with E-state index in [1.54, 1.807) is 7.11 Å². The minimum atomic E-state index is 0.0616. The fraction of sp³-hybridized carbons (Fsp3) is 0.562. The summed E-state index contributed by atoms with van der Waals surface area (Å²) in [5.74, 6) is 5.84. The Bertz CT molecular complexity index is 498. The number of nitrogens with two attached hydrogens (primary N) is 1. The molecular weight excluding hydrogens is 284 g/mol. The van der Waals surface area contributed by atoms with E-state index in [9.17, 15) is 4.79 Å². The molecule has 1 amide bonds. The molecule has 0 spiro atoms. The van der Waals surface area contributed by atoms with Crippen LogP contribution in [0.3, 0.4) is 0 Å². The Morgan fingerprint density at radius 2 is 2.14 bits per heavy atom. The average Bonchev–Trinajstić information content (AvgIpc) is 2.97. The zero-order valence-corrected chi connectivity index (χ0v) is 13.8. The van der Waals surface area contributed by atoms with Crippen LogP contribution in [0.15, 0.2) is 12.1 Å². The molecule has 0 fully saturated rings. The van der Waals surface area contributed by atoms with E-state index >= 15 is 0 Å². The van der Waals surface area contributed by atoms with Crippen LogP contribution in [-0.4, -0.2) is 43.7 Å². The minimum Gasteiger partial charge on any atom is -0.383 e. The van der Waals surface area contributed by atoms with E-state index < -0.39 is 0 Å². The molecule has 0 radical (unpaired) electrons. The van der Waals surface area contributed by atoms with E-state index in [0.717, 1.165) is 22.6 Å². The number of thiophene rings is 1. The van der Waals surface area contributed by atoms with Crippen molar-refractivity contribution in [1.29, 1.82) is 0 Å². The van der Waals surface area contributed by atoms with Crippen molar-refractivity contribution in [1.82, 2.24) is 4.90 Å². The number of hydrogen-bond acceptors (Lipinski definition) is 4. The van der Waals surface area contributed by atoms with Crippen LogP contribution in [0.5, 0.6) is 0 Å². The van der Waals surface area contributed by atoms with E-state index in [1.165, 1.54) is 11.3 Å². The first-order chi connectivity index (χ1) is 10.2. The maximum Gasteiger partial charge on any atom is 0.264 e. The van der Waals surface area contributed by atoms with Crippen LogP contribution in [0.25, 0.3) is 0 Å². The van der Waals surface area contributed by atoms with Crippen molar-refractivity contribution in [3.8, 4) is 11.8 Å². The molecule has 0 aliphatic carbocycles. The van der Waals surface area contributed by atoms with Gasteiger partial charge in [0.15, 0.2) is 0 Å². The van der Waals surface area contributed by atoms with Gasteiger partial charge in [0.05, 0.1) is 22.9 Å². The number of amides is 1. The molecule has 1 aromatic rings. The van der Waals surface area contributed by atoms with Crippen molar-refractivity contribution in [2.45, 2.75) is 32.7 Å². The molecule has 0 saturated carbocycles. The third-order valence-electron chi connectivity index (χ3n) is 3.31. The molecule has 0 unspecified atom stereocenters. The van der Waals surface area contributed by atoms with E-state index in [0.29, 0.717) is 19.7 Å². The molecule has 0 aliphatic heterocycles. The maximum atomic E-state index is 12.7. The van der Waals surface area contributed by atoms with Gasteiger partial charge in [0.1, 0.15) is 0 Å². The topological polar surface area (TPSA) is 55.6 Å². The van der Waals surface area contributed by atoms with Crippen LogP contribution in [0.2, 0.25) is 0 Å². The molecule has 0 aromatic carbocycles. The lowest BCUT2D eigenvalue weighted by molar-refractivity contribution is 0.0594. The van der Waals surface area contributed by atoms with Gasteiger partial charge >= 0.3 is 0 Å². The second kappa shape index (κ2) is 9.56. The lowest BCUT2D eigenvalue weighted by Crippen LogP contribution is -2.41. The van der Waals surface area contributed by atoms with Gasteiger partial charge in [0.2, 0.25) is 0 Å². The molecule has 116 valence electrons. The molecule has 2 N–H and O–H groups in total. The van der Waals surface area contributed by atoms with Gasteiger partial charge in [-0.05, 0) is 25.0 Å². The Labute approximate surface area is 131 Å². The SMILES string of the molecule is CCC(CC)N(CCOC)C(=O)c1ccc(C#CCN)s1. The van der Waals surface area contributed by atoms with Crippen LogP contribution in [0.4, 0.5) is 0 Å². The summed E-state index contributed by atoms with van der Waals surface area (Å²) >= 11 is 1.42. The summed E-state index contributed by atoms with van der Waals surface area (Å²) in [5, 5.41) is 0. The number of carbonyl (C=O) groups excluding carboxylic acids is 1. The number of rotatable bonds is 7. The van der Waals surface area contributed by atoms with Gasteiger partial charge in [0.25, 0.3) is 5.91 Å². The van der Waals surface area contributed by atoms with E-state index in [2.05, 4.69) is 25.7 Å². The third kappa shape index (κ3) is 5.16. The molecule has 0 aliphatic rings. The number of nitrogens with zero attached hydrogens (tertiary/aromatic N) is 1. The monoisotopic (exact) mass is 308 g/mol. The van der Waals surface area contributed by atoms with Crippen molar-refractivity contribution >= 4 is 17.2 Å². The highest BCUT2D eigenvalue weighted by molar-refractivity contribution is 7.14. The molecule has 0 atom stereocenters. The number of methoxy groups -OCH3 is 1. The normalized spacial score (nSPS) is 10.3. The predicted octanol–water partition coefficient (Wildman–Crippen LogP) is 2.34. The van der Waals surface area contributed by atoms with Crippen molar-refractivity contribution < 1.29 is 9.53 Å². The second-order valence-corrected chi connectivity index (χ2v) is 5.72. The van der Waals surface area contributed by atoms with Crippen LogP contribution in [0.1, 0.15) is 41.2 Å². The molecule has 21 heavy (non-hydrogen) atoms. The summed E-state index contributed by atoms with van der Waals surface area (Å²) in [6.45, 7) is 5.70. The first-order valence-corrected chi connectivity index (χ1v) is 8.08. The highest BCUT2D eigenvalue weighted by atomic mass is 32.1. The largest absolute Gasteiger partial charge is 0.383 e. The van der Waals surface area contributed by atoms with Gasteiger partial charge in [-0.15, -0.1) is 11.3 Å². The third-order valence-corrected chi connectivity index (χ3v) is 4.30. The lowest BCUT2D eigenvalue weighted by atomic mass is 10.1. The molecule has 0 saturated heterocycles. The van der Waals surface area contributed by atoms with Gasteiger partial charge in [-0.3, -0.25) is 4.79 Å². The Kier molecular flexibility index (Phi) is 8.06. The van der Waals surface area contributed by atoms with Crippen molar-refractivity contribution in [2.24, 2.45) is 5.73 Å². The fourth-order valence-corrected chi connectivity index (χ4v) is 3.01. The van der Waals surface area contributed by atoms with Crippen LogP contribution in [-0.2, 0) is 4.74 Å². The quantitative estimate of drug-likeness (QED) is 0.787. The summed E-state index contributed by atoms with van der Waals surface area (Å²) in [7, 11) is 1.65. The van der Waals surface area contributed by atoms with E-state index in [4.69, 9.17) is 10.5 Å². The molecule has 5 heteroatoms. The van der Waals surface area contributed by atoms with Gasteiger partial charge < -0.3 is 15.4 Å². The maximum absolute atomic E-state index is 12.7. The van der Waals surface area contributed by atoms with Gasteiger partial charge in [-0.1, -0.05) is 25.7 Å². The van der Waals surface area contributed by atoms with Crippen molar-refractivity contribution in [3.63, 3.8) is 0 Å². The van der Waals surface area contributed by atoms with Crippen molar-refractivity contribution in [3.05, 3.63) is 21.9 Å². The Balaban J connectivity index is 2.90. The minimum absolute atomic E-state index is 0.0616. The fourth-order valence-electron chi connectivity index (χ4n) is 2.17. The standard InChI is InChI=1S/C16H24N2O2S/c1-4-13(5-2)18(11-12-20-3)16(19)15-9-8-14(21-15)7-6-10-17/h8-9,13H,4-5,10-12,17H2,1-3H3. The Morgan fingerprint density at radius 1 is 1.43 bits per heavy atom. The van der Waals surface area contributed by atoms with Crippen LogP contribution >= 0.6 is 11.3 Å². The smallest absolute Gasteiger partial charge is 0.264 e. The summed E-state index contributed by atoms with van der Waals surface area (Å²) in [6.07, 6.45) is 1.88. The molecule has 0 bridgehead atoms. The second-order valence-electron chi connectivity index (χ2n) is 4.63. The molecule has 4 nitrogen and oxygen atoms in total. The first-order valence-electron chi connectivity index (χ1n) is 7.26. The van der Waals surface area contributed by atoms with Gasteiger partial charge in [0, 0.05) is 19.7 Å². The highest BCUT2D eigenvalue weighted by Gasteiger charge is 2.23. The summed E-state index contributed by atoms with van der Waals surface area (Å²) in [6, 6.07) is 3.96. The zero-order valence-electron chi connectivity index (χ0n) is 13.0. The molecular formula is C16H24N2O2S. The summed E-state index contributed by atoms with van der Waals surface area (Å²) in [5.41, 5.74) is 5.36. The number of hydrogen-bond donors (Lipinski definition) is 1. The summed E-state index contributed by atoms with van der Waals surface area (Å²) < 4.78 is 5.13. The molecule has 1 aromatic heterocycles. The van der Waals surface area contributed by atoms with Crippen molar-refractivity contribution in [2.75, 3.05) is 26.8 Å². The molecule has 1 heterocycles. The van der Waals surface area contributed by atoms with Crippen LogP contribution in [0, 0.1) is 11.8 Å². The first kappa shape index (κ1) is 17.7. The Hall–Kier alpha value is -1.35. The van der Waals surface area contributed by atoms with Gasteiger partial charge in [-0.2, -0.15) is 0 Å². The van der Waals surface area contributed by atoms with E-state index in [-0.39, 0.29) is 11.9 Å². The van der Waals surface area contributed by atoms with Crippen LogP contribution < -0.4 is 5.73 Å². The van der Waals surface area contributed by atoms with E-state index in [1.807, 2.05) is 17.0 Å². The van der Waals surface area contributed by atoms with Gasteiger partial charge in [-0.25, -0.2) is 0 Å². The predicted molar refractivity (Wildman–Crippen MR) is 87.5 cm³/mol. The number of carbonyl (C=O) groups is 1. The number of ether oxygens (including phenoxy) is 1. The molecule has 1 rings (SSSR count). The summed E-state index contributed by atoms with van der Waals surface area (Å²) in [4.78, 5) is 16.2. The highest BCUT2D eigenvalue weighted by Crippen LogP contribution is 2.20. The Morgan fingerprint density at radius 3 is 2.71 bits per heavy atom.